The normalized spacial score (nSPS) is 19.8. The average Bonchev–Trinajstić information content (AvgIpc) is 2.82. The predicted octanol–water partition coefficient (Wildman–Crippen LogP) is 2.49. The number of nitrogens with two attached hydrogens (primary N) is 1. The number of aromatic nitrogens is 1. The lowest BCUT2D eigenvalue weighted by atomic mass is 9.84. The maximum absolute atomic E-state index is 5.63. The first-order valence-corrected chi connectivity index (χ1v) is 7.11. The van der Waals surface area contributed by atoms with Crippen LogP contribution >= 0.6 is 11.3 Å². The Kier molecular flexibility index (Phi) is 4.75. The van der Waals surface area contributed by atoms with Gasteiger partial charge in [0, 0.05) is 24.0 Å². The first-order valence-electron chi connectivity index (χ1n) is 6.23. The van der Waals surface area contributed by atoms with E-state index in [0.717, 1.165) is 12.3 Å². The van der Waals surface area contributed by atoms with Gasteiger partial charge >= 0.3 is 0 Å². The number of hydrazine groups is 1. The summed E-state index contributed by atoms with van der Waals surface area (Å²) in [6, 6.07) is 0.397. The third-order valence-electron chi connectivity index (χ3n) is 3.48. The van der Waals surface area contributed by atoms with Crippen molar-refractivity contribution in [1.82, 2.24) is 10.4 Å². The Labute approximate surface area is 101 Å². The Morgan fingerprint density at radius 1 is 1.44 bits per heavy atom. The maximum Gasteiger partial charge on any atom is 0.0940 e. The highest BCUT2D eigenvalue weighted by Gasteiger charge is 2.19. The van der Waals surface area contributed by atoms with Gasteiger partial charge in [-0.15, -0.1) is 11.3 Å². The molecule has 1 aromatic rings. The summed E-state index contributed by atoms with van der Waals surface area (Å²) in [6.07, 6.45) is 11.0. The Balaban J connectivity index is 1.80. The molecular formula is C12H21N3S. The van der Waals surface area contributed by atoms with Crippen molar-refractivity contribution in [3.8, 4) is 0 Å². The molecule has 1 unspecified atom stereocenters. The summed E-state index contributed by atoms with van der Waals surface area (Å²) in [5.74, 6) is 6.50. The third kappa shape index (κ3) is 3.54. The van der Waals surface area contributed by atoms with E-state index in [2.05, 4.69) is 10.4 Å². The molecule has 0 aromatic carbocycles. The molecule has 2 rings (SSSR count). The third-order valence-corrected chi connectivity index (χ3v) is 4.28. The van der Waals surface area contributed by atoms with Gasteiger partial charge in [0.1, 0.15) is 0 Å². The lowest BCUT2D eigenvalue weighted by Crippen LogP contribution is -2.38. The molecule has 1 aliphatic carbocycles. The van der Waals surface area contributed by atoms with Gasteiger partial charge in [-0.2, -0.15) is 0 Å². The van der Waals surface area contributed by atoms with Gasteiger partial charge < -0.3 is 0 Å². The summed E-state index contributed by atoms with van der Waals surface area (Å²) >= 11 is 1.72. The van der Waals surface area contributed by atoms with Gasteiger partial charge in [0.15, 0.2) is 0 Å². The van der Waals surface area contributed by atoms with Crippen LogP contribution in [0.3, 0.4) is 0 Å². The summed E-state index contributed by atoms with van der Waals surface area (Å²) in [5, 5.41) is 3.22. The van der Waals surface area contributed by atoms with E-state index in [1.165, 1.54) is 43.5 Å². The molecule has 1 atom stereocenters. The van der Waals surface area contributed by atoms with E-state index in [0.29, 0.717) is 6.04 Å². The molecule has 1 saturated carbocycles. The second-order valence-electron chi connectivity index (χ2n) is 4.73. The Morgan fingerprint density at radius 3 is 2.88 bits per heavy atom. The van der Waals surface area contributed by atoms with E-state index in [1.807, 2.05) is 11.6 Å². The summed E-state index contributed by atoms with van der Waals surface area (Å²) < 4.78 is 0. The topological polar surface area (TPSA) is 50.9 Å². The van der Waals surface area contributed by atoms with E-state index < -0.39 is 0 Å². The van der Waals surface area contributed by atoms with E-state index in [1.54, 1.807) is 11.3 Å². The molecule has 1 aliphatic rings. The van der Waals surface area contributed by atoms with Gasteiger partial charge in [0.2, 0.25) is 0 Å². The van der Waals surface area contributed by atoms with Gasteiger partial charge in [-0.1, -0.05) is 32.1 Å². The molecule has 0 aliphatic heterocycles. The van der Waals surface area contributed by atoms with Crippen LogP contribution in [0, 0.1) is 5.92 Å². The van der Waals surface area contributed by atoms with Crippen LogP contribution in [0.15, 0.2) is 11.6 Å². The van der Waals surface area contributed by atoms with Crippen molar-refractivity contribution in [2.45, 2.75) is 51.0 Å². The number of nitrogens with zero attached hydrogens (tertiary/aromatic N) is 1. The number of thiazole rings is 1. The van der Waals surface area contributed by atoms with Gasteiger partial charge in [0.25, 0.3) is 0 Å². The maximum atomic E-state index is 5.63. The zero-order valence-electron chi connectivity index (χ0n) is 9.69. The van der Waals surface area contributed by atoms with Gasteiger partial charge in [-0.3, -0.25) is 11.3 Å². The number of hydrogen-bond donors (Lipinski definition) is 2. The monoisotopic (exact) mass is 239 g/mol. The molecule has 0 amide bonds. The summed E-state index contributed by atoms with van der Waals surface area (Å²) in [5.41, 5.74) is 2.95. The lowest BCUT2D eigenvalue weighted by Gasteiger charge is -2.25. The average molecular weight is 239 g/mol. The van der Waals surface area contributed by atoms with Crippen molar-refractivity contribution < 1.29 is 0 Å². The zero-order chi connectivity index (χ0) is 11.2. The smallest absolute Gasteiger partial charge is 0.0940 e. The molecule has 90 valence electrons. The van der Waals surface area contributed by atoms with Crippen molar-refractivity contribution in [3.05, 3.63) is 16.6 Å². The molecule has 0 radical (unpaired) electrons. The van der Waals surface area contributed by atoms with Crippen LogP contribution in [0.4, 0.5) is 0 Å². The minimum absolute atomic E-state index is 0.397. The van der Waals surface area contributed by atoms with E-state index >= 15 is 0 Å². The molecule has 4 heteroatoms. The summed E-state index contributed by atoms with van der Waals surface area (Å²) in [6.45, 7) is 0. The summed E-state index contributed by atoms with van der Waals surface area (Å²) in [4.78, 5) is 4.32. The van der Waals surface area contributed by atoms with E-state index in [4.69, 9.17) is 5.84 Å². The van der Waals surface area contributed by atoms with Crippen LogP contribution in [-0.4, -0.2) is 11.0 Å². The SMILES string of the molecule is NNC(Cc1nccs1)CC1CCCCC1. The molecule has 1 heterocycles. The van der Waals surface area contributed by atoms with Crippen molar-refractivity contribution in [2.24, 2.45) is 11.8 Å². The van der Waals surface area contributed by atoms with Crippen LogP contribution < -0.4 is 11.3 Å². The highest BCUT2D eigenvalue weighted by Crippen LogP contribution is 2.28. The second kappa shape index (κ2) is 6.33. The molecule has 0 saturated heterocycles. The number of nitrogens with one attached hydrogen (secondary N) is 1. The first kappa shape index (κ1) is 12.0. The van der Waals surface area contributed by atoms with Crippen LogP contribution in [0.25, 0.3) is 0 Å². The Hall–Kier alpha value is -0.450. The molecule has 3 nitrogen and oxygen atoms in total. The largest absolute Gasteiger partial charge is 0.271 e. The Morgan fingerprint density at radius 2 is 2.25 bits per heavy atom. The van der Waals surface area contributed by atoms with Gasteiger partial charge in [0.05, 0.1) is 5.01 Å². The summed E-state index contributed by atoms with van der Waals surface area (Å²) in [7, 11) is 0. The highest BCUT2D eigenvalue weighted by molar-refractivity contribution is 7.09. The molecule has 1 aromatic heterocycles. The molecule has 3 N–H and O–H groups in total. The van der Waals surface area contributed by atoms with Crippen LogP contribution in [-0.2, 0) is 6.42 Å². The van der Waals surface area contributed by atoms with Crippen molar-refractivity contribution in [1.29, 1.82) is 0 Å². The van der Waals surface area contributed by atoms with E-state index in [9.17, 15) is 0 Å². The highest BCUT2D eigenvalue weighted by atomic mass is 32.1. The number of rotatable bonds is 5. The predicted molar refractivity (Wildman–Crippen MR) is 68.1 cm³/mol. The second-order valence-corrected chi connectivity index (χ2v) is 5.71. The molecular weight excluding hydrogens is 218 g/mol. The Bertz CT molecular complexity index is 280. The fourth-order valence-electron chi connectivity index (χ4n) is 2.60. The fourth-order valence-corrected chi connectivity index (χ4v) is 3.30. The van der Waals surface area contributed by atoms with Crippen molar-refractivity contribution >= 4 is 11.3 Å². The molecule has 0 bridgehead atoms. The molecule has 1 fully saturated rings. The van der Waals surface area contributed by atoms with Crippen LogP contribution in [0.5, 0.6) is 0 Å². The van der Waals surface area contributed by atoms with Crippen LogP contribution in [0.2, 0.25) is 0 Å². The molecule has 16 heavy (non-hydrogen) atoms. The molecule has 0 spiro atoms. The van der Waals surface area contributed by atoms with E-state index in [-0.39, 0.29) is 0 Å². The fraction of sp³-hybridized carbons (Fsp3) is 0.750. The van der Waals surface area contributed by atoms with Gasteiger partial charge in [-0.25, -0.2) is 4.98 Å². The van der Waals surface area contributed by atoms with Gasteiger partial charge in [-0.05, 0) is 12.3 Å². The van der Waals surface area contributed by atoms with Crippen LogP contribution in [0.1, 0.15) is 43.5 Å². The lowest BCUT2D eigenvalue weighted by molar-refractivity contribution is 0.298. The minimum Gasteiger partial charge on any atom is -0.271 e. The van der Waals surface area contributed by atoms with Crippen molar-refractivity contribution in [3.63, 3.8) is 0 Å². The van der Waals surface area contributed by atoms with Crippen molar-refractivity contribution in [2.75, 3.05) is 0 Å². The number of hydrogen-bond acceptors (Lipinski definition) is 4. The standard InChI is InChI=1S/C12H21N3S/c13-15-11(9-12-14-6-7-16-12)8-10-4-2-1-3-5-10/h6-7,10-11,15H,1-5,8-9,13H2. The minimum atomic E-state index is 0.397. The zero-order valence-corrected chi connectivity index (χ0v) is 10.5. The quantitative estimate of drug-likeness (QED) is 0.613. The first-order chi connectivity index (χ1) is 7.88.